The molecule has 0 saturated heterocycles. The second-order valence-corrected chi connectivity index (χ2v) is 6.77. The van der Waals surface area contributed by atoms with E-state index in [0.717, 1.165) is 17.9 Å². The number of carbonyl (C=O) groups is 1. The van der Waals surface area contributed by atoms with Crippen molar-refractivity contribution in [1.29, 1.82) is 0 Å². The number of rotatable bonds is 8. The van der Waals surface area contributed by atoms with Gasteiger partial charge in [-0.3, -0.25) is 14.2 Å². The minimum absolute atomic E-state index is 0.0737. The second kappa shape index (κ2) is 9.14. The number of para-hydroxylation sites is 1. The Morgan fingerprint density at radius 3 is 2.82 bits per heavy atom. The summed E-state index contributed by atoms with van der Waals surface area (Å²) in [4.78, 5) is 31.0. The van der Waals surface area contributed by atoms with Gasteiger partial charge >= 0.3 is 0 Å². The van der Waals surface area contributed by atoms with Crippen LogP contribution in [0.3, 0.4) is 0 Å². The summed E-state index contributed by atoms with van der Waals surface area (Å²) in [7, 11) is 3.98. The van der Waals surface area contributed by atoms with Crippen molar-refractivity contribution in [1.82, 2.24) is 19.8 Å². The molecule has 1 aromatic heterocycles. The van der Waals surface area contributed by atoms with Crippen LogP contribution in [-0.4, -0.2) is 47.6 Å². The van der Waals surface area contributed by atoms with E-state index in [9.17, 15) is 9.59 Å². The van der Waals surface area contributed by atoms with Crippen molar-refractivity contribution in [3.63, 3.8) is 0 Å². The summed E-state index contributed by atoms with van der Waals surface area (Å²) in [5.41, 5.74) is 1.33. The van der Waals surface area contributed by atoms with E-state index in [2.05, 4.69) is 10.3 Å². The van der Waals surface area contributed by atoms with Crippen molar-refractivity contribution in [2.24, 2.45) is 0 Å². The Bertz CT molecular complexity index is 1010. The summed E-state index contributed by atoms with van der Waals surface area (Å²) < 4.78 is 7.03. The highest BCUT2D eigenvalue weighted by molar-refractivity contribution is 5.78. The molecule has 0 unspecified atom stereocenters. The highest BCUT2D eigenvalue weighted by atomic mass is 16.5. The fraction of sp³-hybridized carbons (Fsp3) is 0.286. The van der Waals surface area contributed by atoms with Gasteiger partial charge in [-0.1, -0.05) is 24.3 Å². The molecule has 0 aliphatic heterocycles. The zero-order valence-corrected chi connectivity index (χ0v) is 16.1. The zero-order chi connectivity index (χ0) is 19.9. The van der Waals surface area contributed by atoms with E-state index in [1.807, 2.05) is 49.3 Å². The zero-order valence-electron chi connectivity index (χ0n) is 16.1. The summed E-state index contributed by atoms with van der Waals surface area (Å²) in [6.07, 6.45) is 1.41. The Balaban J connectivity index is 1.57. The van der Waals surface area contributed by atoms with Gasteiger partial charge in [-0.25, -0.2) is 4.98 Å². The topological polar surface area (TPSA) is 76.5 Å². The van der Waals surface area contributed by atoms with Crippen LogP contribution in [-0.2, 0) is 17.9 Å². The van der Waals surface area contributed by atoms with Crippen LogP contribution in [0.2, 0.25) is 0 Å². The molecule has 28 heavy (non-hydrogen) atoms. The van der Waals surface area contributed by atoms with Crippen LogP contribution in [0.4, 0.5) is 0 Å². The number of nitrogens with zero attached hydrogens (tertiary/aromatic N) is 3. The number of nitrogens with one attached hydrogen (secondary N) is 1. The van der Waals surface area contributed by atoms with Crippen molar-refractivity contribution in [3.05, 3.63) is 70.8 Å². The molecule has 1 N–H and O–H groups in total. The molecule has 146 valence electrons. The van der Waals surface area contributed by atoms with Crippen molar-refractivity contribution in [2.45, 2.75) is 13.1 Å². The molecule has 1 amide bonds. The lowest BCUT2D eigenvalue weighted by atomic mass is 10.2. The summed E-state index contributed by atoms with van der Waals surface area (Å²) in [5, 5.41) is 3.33. The Morgan fingerprint density at radius 1 is 1.18 bits per heavy atom. The SMILES string of the molecule is CN(C)CCOc1cccc(CNC(=O)Cn2cnc3ccccc3c2=O)c1. The van der Waals surface area contributed by atoms with Crippen molar-refractivity contribution >= 4 is 16.8 Å². The number of aromatic nitrogens is 2. The molecule has 0 saturated carbocycles. The Kier molecular flexibility index (Phi) is 6.39. The van der Waals surface area contributed by atoms with Gasteiger partial charge in [0.2, 0.25) is 5.91 Å². The van der Waals surface area contributed by atoms with E-state index < -0.39 is 0 Å². The molecule has 2 aromatic carbocycles. The fourth-order valence-corrected chi connectivity index (χ4v) is 2.72. The number of hydrogen-bond donors (Lipinski definition) is 1. The van der Waals surface area contributed by atoms with Crippen LogP contribution < -0.4 is 15.6 Å². The monoisotopic (exact) mass is 380 g/mol. The van der Waals surface area contributed by atoms with E-state index in [-0.39, 0.29) is 18.0 Å². The smallest absolute Gasteiger partial charge is 0.261 e. The molecule has 0 atom stereocenters. The lowest BCUT2D eigenvalue weighted by molar-refractivity contribution is -0.121. The summed E-state index contributed by atoms with van der Waals surface area (Å²) in [6, 6.07) is 14.7. The van der Waals surface area contributed by atoms with E-state index in [1.54, 1.807) is 18.2 Å². The highest BCUT2D eigenvalue weighted by Crippen LogP contribution is 2.13. The Hall–Kier alpha value is -3.19. The Morgan fingerprint density at radius 2 is 2.00 bits per heavy atom. The minimum Gasteiger partial charge on any atom is -0.492 e. The molecule has 0 aliphatic carbocycles. The minimum atomic E-state index is -0.252. The lowest BCUT2D eigenvalue weighted by Gasteiger charge is -2.12. The quantitative estimate of drug-likeness (QED) is 0.643. The summed E-state index contributed by atoms with van der Waals surface area (Å²) in [6.45, 7) is 1.71. The third-order valence-electron chi connectivity index (χ3n) is 4.24. The second-order valence-electron chi connectivity index (χ2n) is 6.77. The normalized spacial score (nSPS) is 11.0. The average molecular weight is 380 g/mol. The molecule has 1 heterocycles. The first-order valence-corrected chi connectivity index (χ1v) is 9.10. The third kappa shape index (κ3) is 5.17. The van der Waals surface area contributed by atoms with Gasteiger partial charge in [0.1, 0.15) is 18.9 Å². The van der Waals surface area contributed by atoms with Gasteiger partial charge in [0, 0.05) is 13.1 Å². The van der Waals surface area contributed by atoms with Gasteiger partial charge in [0.15, 0.2) is 0 Å². The molecule has 3 rings (SSSR count). The maximum atomic E-state index is 12.5. The molecule has 0 spiro atoms. The first-order chi connectivity index (χ1) is 13.5. The maximum absolute atomic E-state index is 12.5. The highest BCUT2D eigenvalue weighted by Gasteiger charge is 2.08. The van der Waals surface area contributed by atoms with Crippen molar-refractivity contribution in [2.75, 3.05) is 27.2 Å². The molecule has 7 nitrogen and oxygen atoms in total. The van der Waals surface area contributed by atoms with Gasteiger partial charge in [-0.2, -0.15) is 0 Å². The van der Waals surface area contributed by atoms with E-state index in [1.165, 1.54) is 10.9 Å². The number of ether oxygens (including phenoxy) is 1. The van der Waals surface area contributed by atoms with E-state index >= 15 is 0 Å². The van der Waals surface area contributed by atoms with E-state index in [4.69, 9.17) is 4.74 Å². The van der Waals surface area contributed by atoms with Crippen LogP contribution in [0.1, 0.15) is 5.56 Å². The van der Waals surface area contributed by atoms with Gasteiger partial charge < -0.3 is 15.0 Å². The molecule has 0 radical (unpaired) electrons. The van der Waals surface area contributed by atoms with Gasteiger partial charge in [-0.05, 0) is 43.9 Å². The van der Waals surface area contributed by atoms with Crippen LogP contribution >= 0.6 is 0 Å². The molecule has 0 aliphatic rings. The molecule has 3 aromatic rings. The van der Waals surface area contributed by atoms with Crippen molar-refractivity contribution < 1.29 is 9.53 Å². The maximum Gasteiger partial charge on any atom is 0.261 e. The average Bonchev–Trinajstić information content (AvgIpc) is 2.69. The lowest BCUT2D eigenvalue weighted by Crippen LogP contribution is -2.32. The number of fused-ring (bicyclic) bond motifs is 1. The molecular formula is C21H24N4O3. The number of amides is 1. The predicted octanol–water partition coefficient (Wildman–Crippen LogP) is 1.65. The third-order valence-corrected chi connectivity index (χ3v) is 4.24. The molecule has 7 heteroatoms. The largest absolute Gasteiger partial charge is 0.492 e. The fourth-order valence-electron chi connectivity index (χ4n) is 2.72. The van der Waals surface area contributed by atoms with Gasteiger partial charge in [-0.15, -0.1) is 0 Å². The Labute approximate surface area is 163 Å². The number of carbonyl (C=O) groups excluding carboxylic acids is 1. The molecule has 0 fully saturated rings. The number of likely N-dealkylation sites (N-methyl/N-ethyl adjacent to an activating group) is 1. The van der Waals surface area contributed by atoms with Crippen LogP contribution in [0.5, 0.6) is 5.75 Å². The van der Waals surface area contributed by atoms with Crippen LogP contribution in [0.15, 0.2) is 59.7 Å². The van der Waals surface area contributed by atoms with Gasteiger partial charge in [0.05, 0.1) is 17.2 Å². The first-order valence-electron chi connectivity index (χ1n) is 9.10. The molecular weight excluding hydrogens is 356 g/mol. The summed E-state index contributed by atoms with van der Waals surface area (Å²) >= 11 is 0. The first kappa shape index (κ1) is 19.6. The number of benzene rings is 2. The standard InChI is InChI=1S/C21H24N4O3/c1-24(2)10-11-28-17-7-5-6-16(12-17)13-22-20(26)14-25-15-23-19-9-4-3-8-18(19)21(25)27/h3-9,12,15H,10-11,13-14H2,1-2H3,(H,22,26). The number of hydrogen-bond acceptors (Lipinski definition) is 5. The summed E-state index contributed by atoms with van der Waals surface area (Å²) in [5.74, 6) is 0.515. The van der Waals surface area contributed by atoms with Crippen LogP contribution in [0, 0.1) is 0 Å². The predicted molar refractivity (Wildman–Crippen MR) is 108 cm³/mol. The molecule has 0 bridgehead atoms. The van der Waals surface area contributed by atoms with Gasteiger partial charge in [0.25, 0.3) is 5.56 Å². The van der Waals surface area contributed by atoms with E-state index in [0.29, 0.717) is 24.1 Å². The van der Waals surface area contributed by atoms with Crippen molar-refractivity contribution in [3.8, 4) is 5.75 Å². The van der Waals surface area contributed by atoms with Crippen LogP contribution in [0.25, 0.3) is 10.9 Å².